The molecule has 0 aliphatic carbocycles. The molecule has 2 aromatic rings. The number of ether oxygens (including phenoxy) is 2. The number of rotatable bonds is 8. The molecule has 1 aliphatic rings. The van der Waals surface area contributed by atoms with Gasteiger partial charge in [0.2, 0.25) is 5.89 Å². The number of guanidine groups is 1. The summed E-state index contributed by atoms with van der Waals surface area (Å²) in [4.78, 5) is 8.86. The van der Waals surface area contributed by atoms with E-state index in [0.717, 1.165) is 42.9 Å². The van der Waals surface area contributed by atoms with Crippen LogP contribution >= 0.6 is 0 Å². The fourth-order valence-corrected chi connectivity index (χ4v) is 2.96. The summed E-state index contributed by atoms with van der Waals surface area (Å²) in [7, 11) is 0. The summed E-state index contributed by atoms with van der Waals surface area (Å²) >= 11 is 0. The Morgan fingerprint density at radius 2 is 2.21 bits per heavy atom. The summed E-state index contributed by atoms with van der Waals surface area (Å²) in [5, 5.41) is 10.2. The lowest BCUT2D eigenvalue weighted by Crippen LogP contribution is -2.36. The monoisotopic (exact) mass is 387 g/mol. The van der Waals surface area contributed by atoms with E-state index in [2.05, 4.69) is 50.9 Å². The zero-order chi connectivity index (χ0) is 19.8. The largest absolute Gasteiger partial charge is 0.491 e. The average Bonchev–Trinajstić information content (AvgIpc) is 3.35. The predicted molar refractivity (Wildman–Crippen MR) is 106 cm³/mol. The van der Waals surface area contributed by atoms with Gasteiger partial charge in [0.15, 0.2) is 11.8 Å². The molecule has 2 N–H and O–H groups in total. The van der Waals surface area contributed by atoms with Gasteiger partial charge in [0.1, 0.15) is 12.4 Å². The Hall–Kier alpha value is -2.61. The highest BCUT2D eigenvalue weighted by molar-refractivity contribution is 5.79. The lowest BCUT2D eigenvalue weighted by Gasteiger charge is -2.15. The van der Waals surface area contributed by atoms with E-state index in [1.807, 2.05) is 6.92 Å². The number of aromatic nitrogens is 2. The molecule has 28 heavy (non-hydrogen) atoms. The van der Waals surface area contributed by atoms with Crippen LogP contribution in [0.25, 0.3) is 0 Å². The van der Waals surface area contributed by atoms with E-state index in [4.69, 9.17) is 14.0 Å². The highest BCUT2D eigenvalue weighted by Gasteiger charge is 2.17. The minimum Gasteiger partial charge on any atom is -0.491 e. The second-order valence-corrected chi connectivity index (χ2v) is 6.84. The third-order valence-corrected chi connectivity index (χ3v) is 4.40. The molecule has 3 rings (SSSR count). The lowest BCUT2D eigenvalue weighted by molar-refractivity contribution is 0.0676. The summed E-state index contributed by atoms with van der Waals surface area (Å²) in [5.41, 5.74) is 2.20. The van der Waals surface area contributed by atoms with Crippen molar-refractivity contribution in [3.8, 4) is 5.75 Å². The van der Waals surface area contributed by atoms with Gasteiger partial charge in [0.05, 0.1) is 19.2 Å². The minimum atomic E-state index is 0.189. The van der Waals surface area contributed by atoms with Crippen LogP contribution in [0.3, 0.4) is 0 Å². The molecule has 1 aromatic carbocycles. The lowest BCUT2D eigenvalue weighted by atomic mass is 10.1. The van der Waals surface area contributed by atoms with Gasteiger partial charge in [-0.25, -0.2) is 4.99 Å². The van der Waals surface area contributed by atoms with Gasteiger partial charge in [-0.1, -0.05) is 17.3 Å². The molecular formula is C20H29N5O3. The van der Waals surface area contributed by atoms with Crippen molar-refractivity contribution in [2.75, 3.05) is 19.8 Å². The Morgan fingerprint density at radius 3 is 2.93 bits per heavy atom. The van der Waals surface area contributed by atoms with Crippen molar-refractivity contribution >= 4 is 5.96 Å². The highest BCUT2D eigenvalue weighted by atomic mass is 16.5. The van der Waals surface area contributed by atoms with Crippen molar-refractivity contribution in [2.45, 2.75) is 52.8 Å². The zero-order valence-corrected chi connectivity index (χ0v) is 16.8. The quantitative estimate of drug-likeness (QED) is 0.531. The highest BCUT2D eigenvalue weighted by Crippen LogP contribution is 2.23. The fraction of sp³-hybridized carbons (Fsp3) is 0.550. The van der Waals surface area contributed by atoms with Crippen LogP contribution in [0.4, 0.5) is 0 Å². The summed E-state index contributed by atoms with van der Waals surface area (Å²) in [6, 6.07) is 6.20. The van der Waals surface area contributed by atoms with E-state index in [1.165, 1.54) is 0 Å². The molecule has 2 heterocycles. The predicted octanol–water partition coefficient (Wildman–Crippen LogP) is 2.50. The minimum absolute atomic E-state index is 0.189. The third kappa shape index (κ3) is 5.95. The first kappa shape index (κ1) is 20.1. The van der Waals surface area contributed by atoms with E-state index in [0.29, 0.717) is 37.4 Å². The molecule has 0 spiro atoms. The van der Waals surface area contributed by atoms with Crippen molar-refractivity contribution in [1.29, 1.82) is 0 Å². The number of aryl methyl sites for hydroxylation is 2. The Balaban J connectivity index is 1.63. The van der Waals surface area contributed by atoms with Crippen LogP contribution in [-0.2, 0) is 17.8 Å². The van der Waals surface area contributed by atoms with Crippen LogP contribution in [0.1, 0.15) is 42.6 Å². The first-order valence-corrected chi connectivity index (χ1v) is 9.79. The van der Waals surface area contributed by atoms with Crippen LogP contribution in [-0.4, -0.2) is 42.0 Å². The van der Waals surface area contributed by atoms with Crippen molar-refractivity contribution in [1.82, 2.24) is 20.8 Å². The average molecular weight is 387 g/mol. The molecule has 1 atom stereocenters. The van der Waals surface area contributed by atoms with Gasteiger partial charge in [-0.2, -0.15) is 4.98 Å². The van der Waals surface area contributed by atoms with E-state index < -0.39 is 0 Å². The first-order chi connectivity index (χ1) is 13.6. The first-order valence-electron chi connectivity index (χ1n) is 9.79. The van der Waals surface area contributed by atoms with Crippen molar-refractivity contribution < 1.29 is 14.0 Å². The fourth-order valence-electron chi connectivity index (χ4n) is 2.96. The molecular weight excluding hydrogens is 358 g/mol. The second-order valence-electron chi connectivity index (χ2n) is 6.84. The van der Waals surface area contributed by atoms with Gasteiger partial charge in [-0.3, -0.25) is 0 Å². The van der Waals surface area contributed by atoms with Gasteiger partial charge < -0.3 is 24.6 Å². The number of aliphatic imine (C=N–C) groups is 1. The molecule has 0 bridgehead atoms. The summed E-state index contributed by atoms with van der Waals surface area (Å²) < 4.78 is 16.8. The topological polar surface area (TPSA) is 93.8 Å². The van der Waals surface area contributed by atoms with E-state index in [9.17, 15) is 0 Å². The van der Waals surface area contributed by atoms with Gasteiger partial charge in [0.25, 0.3) is 0 Å². The number of hydrogen-bond acceptors (Lipinski definition) is 6. The maximum Gasteiger partial charge on any atom is 0.246 e. The summed E-state index contributed by atoms with van der Waals surface area (Å²) in [6.45, 7) is 8.96. The number of hydrogen-bond donors (Lipinski definition) is 2. The van der Waals surface area contributed by atoms with Crippen molar-refractivity contribution in [3.63, 3.8) is 0 Å². The van der Waals surface area contributed by atoms with Gasteiger partial charge >= 0.3 is 0 Å². The molecule has 1 saturated heterocycles. The Kier molecular flexibility index (Phi) is 7.25. The molecule has 1 aromatic heterocycles. The normalized spacial score (nSPS) is 17.0. The number of benzene rings is 1. The molecule has 1 fully saturated rings. The standard InChI is InChI=1S/C20H29N5O3/c1-4-21-20(23-12-19-24-15(3)25-28-19)22-11-16-8-7-14(2)10-18(16)27-13-17-6-5-9-26-17/h7-8,10,17H,4-6,9,11-13H2,1-3H3,(H2,21,22,23). The zero-order valence-electron chi connectivity index (χ0n) is 16.8. The van der Waals surface area contributed by atoms with E-state index >= 15 is 0 Å². The Morgan fingerprint density at radius 1 is 1.32 bits per heavy atom. The smallest absolute Gasteiger partial charge is 0.246 e. The maximum absolute atomic E-state index is 6.06. The maximum atomic E-state index is 6.06. The number of nitrogens with zero attached hydrogens (tertiary/aromatic N) is 3. The molecule has 152 valence electrons. The SMILES string of the molecule is CCNC(=NCc1ccc(C)cc1OCC1CCCO1)NCc1nc(C)no1. The third-order valence-electron chi connectivity index (χ3n) is 4.40. The summed E-state index contributed by atoms with van der Waals surface area (Å²) in [5.74, 6) is 2.69. The van der Waals surface area contributed by atoms with Crippen molar-refractivity contribution in [3.05, 3.63) is 41.0 Å². The van der Waals surface area contributed by atoms with Crippen LogP contribution in [0.5, 0.6) is 5.75 Å². The second kappa shape index (κ2) is 10.1. The summed E-state index contributed by atoms with van der Waals surface area (Å²) in [6.07, 6.45) is 2.35. The molecule has 8 nitrogen and oxygen atoms in total. The molecule has 0 amide bonds. The van der Waals surface area contributed by atoms with Crippen LogP contribution in [0, 0.1) is 13.8 Å². The van der Waals surface area contributed by atoms with E-state index in [1.54, 1.807) is 6.92 Å². The van der Waals surface area contributed by atoms with Gasteiger partial charge in [-0.05, 0) is 45.2 Å². The van der Waals surface area contributed by atoms with Crippen LogP contribution in [0.15, 0.2) is 27.7 Å². The van der Waals surface area contributed by atoms with Crippen LogP contribution < -0.4 is 15.4 Å². The van der Waals surface area contributed by atoms with Gasteiger partial charge in [-0.15, -0.1) is 0 Å². The molecule has 0 radical (unpaired) electrons. The van der Waals surface area contributed by atoms with Gasteiger partial charge in [0, 0.05) is 18.7 Å². The molecule has 8 heteroatoms. The molecule has 1 unspecified atom stereocenters. The van der Waals surface area contributed by atoms with E-state index in [-0.39, 0.29) is 6.10 Å². The van der Waals surface area contributed by atoms with Crippen LogP contribution in [0.2, 0.25) is 0 Å². The Labute approximate surface area is 165 Å². The molecule has 0 saturated carbocycles. The van der Waals surface area contributed by atoms with Crippen molar-refractivity contribution in [2.24, 2.45) is 4.99 Å². The number of nitrogens with one attached hydrogen (secondary N) is 2. The molecule has 1 aliphatic heterocycles. The Bertz CT molecular complexity index is 784.